The number of benzene rings is 2. The fourth-order valence-electron chi connectivity index (χ4n) is 3.29. The summed E-state index contributed by atoms with van der Waals surface area (Å²) in [4.78, 5) is 28.8. The highest BCUT2D eigenvalue weighted by atomic mass is 79.9. The van der Waals surface area contributed by atoms with E-state index in [9.17, 15) is 9.59 Å². The van der Waals surface area contributed by atoms with Crippen molar-refractivity contribution in [3.63, 3.8) is 0 Å². The molecule has 1 fully saturated rings. The van der Waals surface area contributed by atoms with Crippen molar-refractivity contribution >= 4 is 38.7 Å². The van der Waals surface area contributed by atoms with Crippen molar-refractivity contribution in [2.24, 2.45) is 0 Å². The van der Waals surface area contributed by atoms with E-state index in [1.54, 1.807) is 4.90 Å². The van der Waals surface area contributed by atoms with Gasteiger partial charge in [0, 0.05) is 35.7 Å². The third-order valence-corrected chi connectivity index (χ3v) is 5.31. The lowest BCUT2D eigenvalue weighted by molar-refractivity contribution is 0.00199. The first-order valence-electron chi connectivity index (χ1n) is 9.13. The van der Waals surface area contributed by atoms with Crippen LogP contribution in [-0.4, -0.2) is 53.1 Å². The minimum absolute atomic E-state index is 0.00688. The molecule has 2 amide bonds. The van der Waals surface area contributed by atoms with E-state index in [1.807, 2.05) is 69.0 Å². The zero-order valence-corrected chi connectivity index (χ0v) is 17.7. The molecule has 0 aliphatic carbocycles. The van der Waals surface area contributed by atoms with Gasteiger partial charge >= 0.3 is 6.09 Å². The van der Waals surface area contributed by atoms with E-state index >= 15 is 0 Å². The van der Waals surface area contributed by atoms with Gasteiger partial charge in [-0.05, 0) is 56.7 Å². The quantitative estimate of drug-likeness (QED) is 0.656. The smallest absolute Gasteiger partial charge is 0.410 e. The molecule has 1 heterocycles. The van der Waals surface area contributed by atoms with Gasteiger partial charge in [0.1, 0.15) is 5.60 Å². The Labute approximate surface area is 168 Å². The molecule has 27 heavy (non-hydrogen) atoms. The van der Waals surface area contributed by atoms with Crippen LogP contribution in [0.3, 0.4) is 0 Å². The molecular formula is C21H25BrN2O3. The van der Waals surface area contributed by atoms with Crippen molar-refractivity contribution in [3.05, 3.63) is 46.4 Å². The van der Waals surface area contributed by atoms with Crippen molar-refractivity contribution in [2.45, 2.75) is 39.3 Å². The van der Waals surface area contributed by atoms with Crippen LogP contribution in [0.5, 0.6) is 0 Å². The van der Waals surface area contributed by atoms with Crippen molar-refractivity contribution < 1.29 is 14.3 Å². The summed E-state index contributed by atoms with van der Waals surface area (Å²) in [7, 11) is 0. The SMILES string of the molecule is C[C@H]1CN(C(=O)c2ccc3c(Br)cccc3c2)CCN1C(=O)OC(C)(C)C. The molecule has 0 radical (unpaired) electrons. The highest BCUT2D eigenvalue weighted by Gasteiger charge is 2.32. The Kier molecular flexibility index (Phi) is 5.47. The van der Waals surface area contributed by atoms with E-state index in [0.717, 1.165) is 15.2 Å². The van der Waals surface area contributed by atoms with Gasteiger partial charge in [0.25, 0.3) is 5.91 Å². The van der Waals surface area contributed by atoms with Gasteiger partial charge in [-0.1, -0.05) is 34.1 Å². The van der Waals surface area contributed by atoms with E-state index < -0.39 is 5.60 Å². The number of piperazine rings is 1. The summed E-state index contributed by atoms with van der Waals surface area (Å²) in [6.45, 7) is 8.98. The van der Waals surface area contributed by atoms with Crippen molar-refractivity contribution in [1.29, 1.82) is 0 Å². The number of nitrogens with zero attached hydrogens (tertiary/aromatic N) is 2. The Balaban J connectivity index is 1.71. The molecule has 1 aliphatic rings. The molecule has 0 spiro atoms. The van der Waals surface area contributed by atoms with Gasteiger partial charge in [0.2, 0.25) is 0 Å². The third kappa shape index (κ3) is 4.43. The summed E-state index contributed by atoms with van der Waals surface area (Å²) in [5, 5.41) is 2.10. The lowest BCUT2D eigenvalue weighted by Gasteiger charge is -2.40. The predicted molar refractivity (Wildman–Crippen MR) is 110 cm³/mol. The maximum atomic E-state index is 13.0. The first-order valence-corrected chi connectivity index (χ1v) is 9.92. The topological polar surface area (TPSA) is 49.9 Å². The molecule has 3 rings (SSSR count). The van der Waals surface area contributed by atoms with Crippen molar-refractivity contribution in [2.75, 3.05) is 19.6 Å². The van der Waals surface area contributed by atoms with E-state index in [4.69, 9.17) is 4.74 Å². The van der Waals surface area contributed by atoms with Crippen LogP contribution in [0.4, 0.5) is 4.79 Å². The van der Waals surface area contributed by atoms with Crippen LogP contribution >= 0.6 is 15.9 Å². The molecule has 144 valence electrons. The third-order valence-electron chi connectivity index (χ3n) is 4.62. The second-order valence-electron chi connectivity index (χ2n) is 7.95. The van der Waals surface area contributed by atoms with E-state index in [0.29, 0.717) is 25.2 Å². The number of ether oxygens (including phenoxy) is 1. The lowest BCUT2D eigenvalue weighted by atomic mass is 10.1. The van der Waals surface area contributed by atoms with E-state index in [1.165, 1.54) is 0 Å². The number of amides is 2. The van der Waals surface area contributed by atoms with Crippen molar-refractivity contribution in [3.8, 4) is 0 Å². The lowest BCUT2D eigenvalue weighted by Crippen LogP contribution is -2.56. The summed E-state index contributed by atoms with van der Waals surface area (Å²) in [6.07, 6.45) is -0.322. The second kappa shape index (κ2) is 7.50. The largest absolute Gasteiger partial charge is 0.444 e. The van der Waals surface area contributed by atoms with Gasteiger partial charge in [-0.25, -0.2) is 4.79 Å². The molecule has 0 bridgehead atoms. The van der Waals surface area contributed by atoms with Crippen LogP contribution in [-0.2, 0) is 4.74 Å². The van der Waals surface area contributed by atoms with Crippen LogP contribution in [0.1, 0.15) is 38.1 Å². The number of carbonyl (C=O) groups excluding carboxylic acids is 2. The number of fused-ring (bicyclic) bond motifs is 1. The van der Waals surface area contributed by atoms with E-state index in [2.05, 4.69) is 15.9 Å². The number of hydrogen-bond donors (Lipinski definition) is 0. The monoisotopic (exact) mass is 432 g/mol. The molecule has 0 N–H and O–H groups in total. The Bertz CT molecular complexity index is 875. The number of halogens is 1. The molecule has 1 saturated heterocycles. The Morgan fingerprint density at radius 1 is 1.15 bits per heavy atom. The van der Waals surface area contributed by atoms with Gasteiger partial charge in [0.05, 0.1) is 0 Å². The molecule has 1 aliphatic heterocycles. The summed E-state index contributed by atoms with van der Waals surface area (Å²) < 4.78 is 6.48. The average Bonchev–Trinajstić information content (AvgIpc) is 2.59. The van der Waals surface area contributed by atoms with Gasteiger partial charge in [0.15, 0.2) is 0 Å². The van der Waals surface area contributed by atoms with Crippen LogP contribution < -0.4 is 0 Å². The predicted octanol–water partition coefficient (Wildman–Crippen LogP) is 4.68. The molecule has 6 heteroatoms. The van der Waals surface area contributed by atoms with Crippen LogP contribution in [0, 0.1) is 0 Å². The molecule has 2 aromatic rings. The maximum absolute atomic E-state index is 13.0. The Morgan fingerprint density at radius 2 is 1.89 bits per heavy atom. The average molecular weight is 433 g/mol. The first kappa shape index (κ1) is 19.7. The molecule has 0 aromatic heterocycles. The number of carbonyl (C=O) groups is 2. The zero-order valence-electron chi connectivity index (χ0n) is 16.2. The molecule has 2 aromatic carbocycles. The minimum atomic E-state index is -0.525. The standard InChI is InChI=1S/C21H25BrN2O3/c1-14-13-23(10-11-24(14)20(26)27-21(2,3)4)19(25)16-8-9-17-15(12-16)6-5-7-18(17)22/h5-9,12,14H,10-11,13H2,1-4H3/t14-/m0/s1. The van der Waals surface area contributed by atoms with Gasteiger partial charge in [-0.3, -0.25) is 4.79 Å². The van der Waals surface area contributed by atoms with Crippen molar-refractivity contribution in [1.82, 2.24) is 9.80 Å². The Hall–Kier alpha value is -2.08. The normalized spacial score (nSPS) is 17.9. The fraction of sp³-hybridized carbons (Fsp3) is 0.429. The highest BCUT2D eigenvalue weighted by molar-refractivity contribution is 9.10. The number of rotatable bonds is 1. The second-order valence-corrected chi connectivity index (χ2v) is 8.80. The van der Waals surface area contributed by atoms with E-state index in [-0.39, 0.29) is 18.0 Å². The number of hydrogen-bond acceptors (Lipinski definition) is 3. The zero-order chi connectivity index (χ0) is 19.8. The molecule has 0 unspecified atom stereocenters. The van der Waals surface area contributed by atoms with Gasteiger partial charge < -0.3 is 14.5 Å². The van der Waals surface area contributed by atoms with Gasteiger partial charge in [-0.2, -0.15) is 0 Å². The summed E-state index contributed by atoms with van der Waals surface area (Å²) >= 11 is 3.54. The highest BCUT2D eigenvalue weighted by Crippen LogP contribution is 2.25. The minimum Gasteiger partial charge on any atom is -0.444 e. The molecule has 5 nitrogen and oxygen atoms in total. The molecule has 0 saturated carbocycles. The molecule has 1 atom stereocenters. The van der Waals surface area contributed by atoms with Crippen LogP contribution in [0.2, 0.25) is 0 Å². The van der Waals surface area contributed by atoms with Crippen LogP contribution in [0.15, 0.2) is 40.9 Å². The fourth-order valence-corrected chi connectivity index (χ4v) is 3.81. The summed E-state index contributed by atoms with van der Waals surface area (Å²) in [5.74, 6) is -0.00688. The molecular weight excluding hydrogens is 408 g/mol. The summed E-state index contributed by atoms with van der Waals surface area (Å²) in [6, 6.07) is 11.6. The van der Waals surface area contributed by atoms with Gasteiger partial charge in [-0.15, -0.1) is 0 Å². The maximum Gasteiger partial charge on any atom is 0.410 e. The summed E-state index contributed by atoms with van der Waals surface area (Å²) in [5.41, 5.74) is 0.141. The Morgan fingerprint density at radius 3 is 2.56 bits per heavy atom. The first-order chi connectivity index (χ1) is 12.7. The van der Waals surface area contributed by atoms with Crippen LogP contribution in [0.25, 0.3) is 10.8 Å².